The first-order valence-electron chi connectivity index (χ1n) is 8.55. The average Bonchev–Trinajstić information content (AvgIpc) is 3.16. The summed E-state index contributed by atoms with van der Waals surface area (Å²) >= 11 is 0. The fourth-order valence-electron chi connectivity index (χ4n) is 3.12. The Morgan fingerprint density at radius 2 is 2.23 bits per heavy atom. The summed E-state index contributed by atoms with van der Waals surface area (Å²) in [6.07, 6.45) is 3.95. The second kappa shape index (κ2) is 7.09. The number of benzene rings is 1. The lowest BCUT2D eigenvalue weighted by atomic mass is 9.97. The van der Waals surface area contributed by atoms with Gasteiger partial charge in [0.15, 0.2) is 5.69 Å². The van der Waals surface area contributed by atoms with Crippen LogP contribution in [0.5, 0.6) is 0 Å². The summed E-state index contributed by atoms with van der Waals surface area (Å²) < 4.78 is 10.9. The van der Waals surface area contributed by atoms with Gasteiger partial charge in [-0.2, -0.15) is 0 Å². The number of nitrogens with one attached hydrogen (secondary N) is 1. The standard InChI is InChI=1S/C20H19N3O3/c1-13-9-14(5-7-21-13)20-23-18(12-26-20)19(24)22-10-15-3-2-4-16-11-25-8-6-17(15)16/h2-5,7,9,12H,6,8,10-11H2,1H3,(H,22,24). The number of amides is 1. The number of oxazole rings is 1. The lowest BCUT2D eigenvalue weighted by Crippen LogP contribution is -2.24. The molecule has 0 saturated carbocycles. The maximum Gasteiger partial charge on any atom is 0.273 e. The first-order chi connectivity index (χ1) is 12.7. The van der Waals surface area contributed by atoms with Gasteiger partial charge in [-0.3, -0.25) is 9.78 Å². The van der Waals surface area contributed by atoms with Crippen LogP contribution in [0.4, 0.5) is 0 Å². The minimum absolute atomic E-state index is 0.254. The molecule has 0 spiro atoms. The number of ether oxygens (including phenoxy) is 1. The molecule has 1 aliphatic heterocycles. The first kappa shape index (κ1) is 16.5. The van der Waals surface area contributed by atoms with E-state index < -0.39 is 0 Å². The van der Waals surface area contributed by atoms with Crippen molar-refractivity contribution in [2.24, 2.45) is 0 Å². The van der Waals surface area contributed by atoms with Crippen LogP contribution in [0.15, 0.2) is 47.2 Å². The van der Waals surface area contributed by atoms with Gasteiger partial charge in [0.05, 0.1) is 13.2 Å². The van der Waals surface area contributed by atoms with E-state index in [1.54, 1.807) is 12.3 Å². The molecule has 2 aromatic heterocycles. The van der Waals surface area contributed by atoms with Gasteiger partial charge in [-0.15, -0.1) is 0 Å². The molecule has 0 radical (unpaired) electrons. The molecule has 0 atom stereocenters. The summed E-state index contributed by atoms with van der Waals surface area (Å²) in [6, 6.07) is 9.78. The molecule has 0 aliphatic carbocycles. The predicted molar refractivity (Wildman–Crippen MR) is 95.4 cm³/mol. The quantitative estimate of drug-likeness (QED) is 0.783. The molecule has 3 heterocycles. The number of carbonyl (C=O) groups is 1. The second-order valence-corrected chi connectivity index (χ2v) is 6.26. The first-order valence-corrected chi connectivity index (χ1v) is 8.55. The average molecular weight is 349 g/mol. The van der Waals surface area contributed by atoms with Crippen LogP contribution in [-0.2, 0) is 24.3 Å². The summed E-state index contributed by atoms with van der Waals surface area (Å²) in [4.78, 5) is 20.9. The van der Waals surface area contributed by atoms with Crippen LogP contribution in [0, 0.1) is 6.92 Å². The minimum Gasteiger partial charge on any atom is -0.444 e. The van der Waals surface area contributed by atoms with E-state index in [1.807, 2.05) is 25.1 Å². The van der Waals surface area contributed by atoms with E-state index in [1.165, 1.54) is 17.4 Å². The Labute approximate surface area is 151 Å². The largest absolute Gasteiger partial charge is 0.444 e. The number of aromatic nitrogens is 2. The van der Waals surface area contributed by atoms with Gasteiger partial charge in [0.1, 0.15) is 6.26 Å². The number of rotatable bonds is 4. The molecular formula is C20H19N3O3. The number of hydrogen-bond donors (Lipinski definition) is 1. The number of carbonyl (C=O) groups excluding carboxylic acids is 1. The molecular weight excluding hydrogens is 330 g/mol. The van der Waals surface area contributed by atoms with Crippen molar-refractivity contribution in [1.82, 2.24) is 15.3 Å². The summed E-state index contributed by atoms with van der Waals surface area (Å²) in [5.41, 5.74) is 5.51. The highest BCUT2D eigenvalue weighted by atomic mass is 16.5. The van der Waals surface area contributed by atoms with E-state index in [2.05, 4.69) is 21.4 Å². The van der Waals surface area contributed by atoms with Crippen molar-refractivity contribution in [3.63, 3.8) is 0 Å². The molecule has 6 nitrogen and oxygen atoms in total. The minimum atomic E-state index is -0.254. The molecule has 1 N–H and O–H groups in total. The highest BCUT2D eigenvalue weighted by Crippen LogP contribution is 2.21. The molecule has 0 fully saturated rings. The SMILES string of the molecule is Cc1cc(-c2nc(C(=O)NCc3cccc4c3CCOC4)co2)ccn1. The van der Waals surface area contributed by atoms with Crippen molar-refractivity contribution in [2.75, 3.05) is 6.61 Å². The zero-order valence-electron chi connectivity index (χ0n) is 14.5. The molecule has 132 valence electrons. The third-order valence-electron chi connectivity index (χ3n) is 4.44. The molecule has 6 heteroatoms. The summed E-state index contributed by atoms with van der Waals surface area (Å²) in [7, 11) is 0. The van der Waals surface area contributed by atoms with Crippen molar-refractivity contribution >= 4 is 5.91 Å². The number of nitrogens with zero attached hydrogens (tertiary/aromatic N) is 2. The summed E-state index contributed by atoms with van der Waals surface area (Å²) in [5.74, 6) is 0.158. The Bertz CT molecular complexity index is 949. The highest BCUT2D eigenvalue weighted by Gasteiger charge is 2.16. The van der Waals surface area contributed by atoms with Crippen molar-refractivity contribution in [1.29, 1.82) is 0 Å². The molecule has 0 unspecified atom stereocenters. The highest BCUT2D eigenvalue weighted by molar-refractivity contribution is 5.92. The number of aryl methyl sites for hydroxylation is 1. The summed E-state index contributed by atoms with van der Waals surface area (Å²) in [5, 5.41) is 2.93. The number of hydrogen-bond acceptors (Lipinski definition) is 5. The van der Waals surface area contributed by atoms with Gasteiger partial charge in [0, 0.05) is 24.0 Å². The predicted octanol–water partition coefficient (Wildman–Crippen LogP) is 3.05. The van der Waals surface area contributed by atoms with E-state index in [-0.39, 0.29) is 11.6 Å². The monoisotopic (exact) mass is 349 g/mol. The van der Waals surface area contributed by atoms with Crippen LogP contribution >= 0.6 is 0 Å². The van der Waals surface area contributed by atoms with Crippen LogP contribution in [0.25, 0.3) is 11.5 Å². The van der Waals surface area contributed by atoms with E-state index in [4.69, 9.17) is 9.15 Å². The molecule has 26 heavy (non-hydrogen) atoms. The van der Waals surface area contributed by atoms with Crippen molar-refractivity contribution in [3.05, 3.63) is 70.9 Å². The van der Waals surface area contributed by atoms with E-state index in [9.17, 15) is 4.79 Å². The van der Waals surface area contributed by atoms with E-state index in [0.29, 0.717) is 19.0 Å². The van der Waals surface area contributed by atoms with Crippen LogP contribution in [-0.4, -0.2) is 22.5 Å². The van der Waals surface area contributed by atoms with Gasteiger partial charge in [0.2, 0.25) is 5.89 Å². The third kappa shape index (κ3) is 3.36. The zero-order chi connectivity index (χ0) is 17.9. The lowest BCUT2D eigenvalue weighted by Gasteiger charge is -2.19. The van der Waals surface area contributed by atoms with Crippen molar-refractivity contribution in [2.45, 2.75) is 26.5 Å². The Morgan fingerprint density at radius 1 is 1.31 bits per heavy atom. The van der Waals surface area contributed by atoms with Crippen LogP contribution < -0.4 is 5.32 Å². The second-order valence-electron chi connectivity index (χ2n) is 6.26. The molecule has 3 aromatic rings. The van der Waals surface area contributed by atoms with E-state index >= 15 is 0 Å². The molecule has 1 amide bonds. The van der Waals surface area contributed by atoms with Gasteiger partial charge in [-0.25, -0.2) is 4.98 Å². The van der Waals surface area contributed by atoms with Gasteiger partial charge < -0.3 is 14.5 Å². The smallest absolute Gasteiger partial charge is 0.273 e. The third-order valence-corrected chi connectivity index (χ3v) is 4.44. The number of pyridine rings is 1. The van der Waals surface area contributed by atoms with Gasteiger partial charge in [-0.1, -0.05) is 18.2 Å². The molecule has 0 bridgehead atoms. The molecule has 4 rings (SSSR count). The maximum atomic E-state index is 12.4. The maximum absolute atomic E-state index is 12.4. The Kier molecular flexibility index (Phi) is 4.50. The van der Waals surface area contributed by atoms with Crippen molar-refractivity contribution in [3.8, 4) is 11.5 Å². The molecule has 0 saturated heterocycles. The normalized spacial score (nSPS) is 13.3. The van der Waals surface area contributed by atoms with Crippen molar-refractivity contribution < 1.29 is 13.9 Å². The van der Waals surface area contributed by atoms with Crippen LogP contribution in [0.3, 0.4) is 0 Å². The fourth-order valence-corrected chi connectivity index (χ4v) is 3.12. The summed E-state index contributed by atoms with van der Waals surface area (Å²) in [6.45, 7) is 3.70. The zero-order valence-corrected chi connectivity index (χ0v) is 14.5. The van der Waals surface area contributed by atoms with Gasteiger partial charge in [0.25, 0.3) is 5.91 Å². The topological polar surface area (TPSA) is 77.2 Å². The number of fused-ring (bicyclic) bond motifs is 1. The van der Waals surface area contributed by atoms with Gasteiger partial charge in [-0.05, 0) is 42.2 Å². The Hall–Kier alpha value is -2.99. The fraction of sp³-hybridized carbons (Fsp3) is 0.250. The van der Waals surface area contributed by atoms with E-state index in [0.717, 1.165) is 29.8 Å². The van der Waals surface area contributed by atoms with Crippen LogP contribution in [0.1, 0.15) is 32.9 Å². The Morgan fingerprint density at radius 3 is 3.12 bits per heavy atom. The Balaban J connectivity index is 1.46. The molecule has 1 aromatic carbocycles. The lowest BCUT2D eigenvalue weighted by molar-refractivity contribution is 0.0945. The van der Waals surface area contributed by atoms with Crippen LogP contribution in [0.2, 0.25) is 0 Å². The van der Waals surface area contributed by atoms with Gasteiger partial charge >= 0.3 is 0 Å². The molecule has 1 aliphatic rings.